The number of nitrogens with one attached hydrogen (secondary N) is 1. The Morgan fingerprint density at radius 1 is 1.35 bits per heavy atom. The summed E-state index contributed by atoms with van der Waals surface area (Å²) >= 11 is 0. The van der Waals surface area contributed by atoms with Crippen LogP contribution >= 0.6 is 0 Å². The number of aliphatic hydroxyl groups is 1. The number of rotatable bonds is 8. The Kier molecular flexibility index (Phi) is 7.23. The van der Waals surface area contributed by atoms with E-state index >= 15 is 0 Å². The van der Waals surface area contributed by atoms with E-state index in [9.17, 15) is 8.42 Å². The largest absolute Gasteiger partial charge is 0.395 e. The minimum absolute atomic E-state index is 0.0150. The summed E-state index contributed by atoms with van der Waals surface area (Å²) in [5.74, 6) is 0.0833. The van der Waals surface area contributed by atoms with Crippen LogP contribution in [-0.2, 0) is 14.6 Å². The molecule has 0 rings (SSSR count). The zero-order valence-corrected chi connectivity index (χ0v) is 12.0. The Morgan fingerprint density at radius 3 is 2.35 bits per heavy atom. The van der Waals surface area contributed by atoms with Crippen LogP contribution in [-0.4, -0.2) is 56.9 Å². The predicted molar refractivity (Wildman–Crippen MR) is 68.9 cm³/mol. The zero-order chi connectivity index (χ0) is 13.5. The van der Waals surface area contributed by atoms with Crippen LogP contribution < -0.4 is 5.32 Å². The number of ether oxygens (including phenoxy) is 1. The third-order valence-electron chi connectivity index (χ3n) is 2.63. The van der Waals surface area contributed by atoms with E-state index < -0.39 is 14.6 Å². The molecule has 0 spiro atoms. The van der Waals surface area contributed by atoms with Gasteiger partial charge in [0.15, 0.2) is 9.84 Å². The highest BCUT2D eigenvalue weighted by Crippen LogP contribution is 2.15. The second kappa shape index (κ2) is 7.31. The van der Waals surface area contributed by atoms with E-state index in [2.05, 4.69) is 5.32 Å². The van der Waals surface area contributed by atoms with Crippen molar-refractivity contribution in [2.45, 2.75) is 38.0 Å². The van der Waals surface area contributed by atoms with Crippen molar-refractivity contribution in [3.63, 3.8) is 0 Å². The van der Waals surface area contributed by atoms with Crippen molar-refractivity contribution < 1.29 is 18.3 Å². The third kappa shape index (κ3) is 6.35. The van der Waals surface area contributed by atoms with E-state index in [1.807, 2.05) is 0 Å². The van der Waals surface area contributed by atoms with Crippen LogP contribution in [0.2, 0.25) is 0 Å². The fraction of sp³-hybridized carbons (Fsp3) is 1.00. The van der Waals surface area contributed by atoms with Crippen LogP contribution in [0.15, 0.2) is 0 Å². The number of aliphatic hydroxyl groups excluding tert-OH is 1. The zero-order valence-electron chi connectivity index (χ0n) is 11.2. The van der Waals surface area contributed by atoms with Gasteiger partial charge >= 0.3 is 0 Å². The number of hydrogen-bond donors (Lipinski definition) is 2. The molecule has 5 nitrogen and oxygen atoms in total. The van der Waals surface area contributed by atoms with Gasteiger partial charge in [0.05, 0.1) is 17.1 Å². The van der Waals surface area contributed by atoms with E-state index in [1.54, 1.807) is 27.9 Å². The van der Waals surface area contributed by atoms with Gasteiger partial charge in [0.25, 0.3) is 0 Å². The molecule has 0 heterocycles. The van der Waals surface area contributed by atoms with Gasteiger partial charge in [0.2, 0.25) is 0 Å². The van der Waals surface area contributed by atoms with Crippen LogP contribution in [0.25, 0.3) is 0 Å². The summed E-state index contributed by atoms with van der Waals surface area (Å²) in [6, 6.07) is -0.106. The molecule has 0 aliphatic heterocycles. The smallest absolute Gasteiger partial charge is 0.156 e. The highest BCUT2D eigenvalue weighted by molar-refractivity contribution is 7.92. The quantitative estimate of drug-likeness (QED) is 0.656. The van der Waals surface area contributed by atoms with Crippen LogP contribution in [0.4, 0.5) is 0 Å². The Labute approximate surface area is 104 Å². The van der Waals surface area contributed by atoms with Crippen molar-refractivity contribution in [2.24, 2.45) is 0 Å². The van der Waals surface area contributed by atoms with Gasteiger partial charge < -0.3 is 15.2 Å². The molecule has 0 bridgehead atoms. The minimum atomic E-state index is -3.10. The van der Waals surface area contributed by atoms with Crippen LogP contribution in [0.1, 0.15) is 27.2 Å². The number of hydrogen-bond acceptors (Lipinski definition) is 5. The molecule has 104 valence electrons. The molecule has 0 fully saturated rings. The molecular formula is C11H25NO4S. The van der Waals surface area contributed by atoms with Crippen molar-refractivity contribution in [1.29, 1.82) is 0 Å². The Hall–Kier alpha value is -0.170. The molecule has 6 heteroatoms. The summed E-state index contributed by atoms with van der Waals surface area (Å²) in [7, 11) is -1.50. The molecule has 1 atom stereocenters. The summed E-state index contributed by atoms with van der Waals surface area (Å²) in [4.78, 5) is 0. The number of sulfone groups is 1. The Balaban J connectivity index is 4.05. The normalized spacial score (nSPS) is 14.9. The van der Waals surface area contributed by atoms with Gasteiger partial charge in [0.1, 0.15) is 0 Å². The van der Waals surface area contributed by atoms with E-state index in [0.29, 0.717) is 19.6 Å². The molecule has 0 saturated carbocycles. The monoisotopic (exact) mass is 267 g/mol. The molecule has 0 aromatic rings. The molecule has 0 aliphatic carbocycles. The maximum absolute atomic E-state index is 11.8. The summed E-state index contributed by atoms with van der Waals surface area (Å²) in [6.45, 7) is 5.96. The first-order valence-corrected chi connectivity index (χ1v) is 7.45. The number of methoxy groups -OCH3 is 1. The SMILES string of the molecule is COCCC(CO)NCCS(=O)(=O)C(C)(C)C. The van der Waals surface area contributed by atoms with Gasteiger partial charge in [-0.25, -0.2) is 8.42 Å². The fourth-order valence-corrected chi connectivity index (χ4v) is 2.22. The van der Waals surface area contributed by atoms with Crippen LogP contribution in [0.3, 0.4) is 0 Å². The second-order valence-corrected chi connectivity index (χ2v) is 7.91. The van der Waals surface area contributed by atoms with Crippen molar-refractivity contribution in [3.05, 3.63) is 0 Å². The van der Waals surface area contributed by atoms with Gasteiger partial charge in [-0.2, -0.15) is 0 Å². The first kappa shape index (κ1) is 16.8. The van der Waals surface area contributed by atoms with Crippen molar-refractivity contribution in [1.82, 2.24) is 5.32 Å². The summed E-state index contributed by atoms with van der Waals surface area (Å²) in [5.41, 5.74) is 0. The lowest BCUT2D eigenvalue weighted by atomic mass is 10.2. The predicted octanol–water partition coefficient (Wildman–Crippen LogP) is 0.187. The standard InChI is InChI=1S/C11H25NO4S/c1-11(2,3)17(14,15)8-6-12-10(9-13)5-7-16-4/h10,12-13H,5-9H2,1-4H3. The van der Waals surface area contributed by atoms with Gasteiger partial charge in [-0.1, -0.05) is 0 Å². The molecule has 0 aromatic heterocycles. The van der Waals surface area contributed by atoms with E-state index in [1.165, 1.54) is 0 Å². The summed E-state index contributed by atoms with van der Waals surface area (Å²) in [6.07, 6.45) is 0.669. The molecule has 0 aliphatic rings. The van der Waals surface area contributed by atoms with Crippen LogP contribution in [0.5, 0.6) is 0 Å². The molecule has 2 N–H and O–H groups in total. The molecule has 1 unspecified atom stereocenters. The van der Waals surface area contributed by atoms with Crippen molar-refractivity contribution >= 4 is 9.84 Å². The maximum atomic E-state index is 11.8. The second-order valence-electron chi connectivity index (χ2n) is 5.05. The minimum Gasteiger partial charge on any atom is -0.395 e. The van der Waals surface area contributed by atoms with E-state index in [0.717, 1.165) is 0 Å². The average molecular weight is 267 g/mol. The molecular weight excluding hydrogens is 242 g/mol. The highest BCUT2D eigenvalue weighted by Gasteiger charge is 2.28. The van der Waals surface area contributed by atoms with Crippen molar-refractivity contribution in [3.8, 4) is 0 Å². The van der Waals surface area contributed by atoms with Crippen molar-refractivity contribution in [2.75, 3.05) is 32.6 Å². The third-order valence-corrected chi connectivity index (χ3v) is 5.24. The maximum Gasteiger partial charge on any atom is 0.156 e. The van der Waals surface area contributed by atoms with Crippen LogP contribution in [0, 0.1) is 0 Å². The highest BCUT2D eigenvalue weighted by atomic mass is 32.2. The van der Waals surface area contributed by atoms with E-state index in [4.69, 9.17) is 9.84 Å². The summed E-state index contributed by atoms with van der Waals surface area (Å²) in [5, 5.41) is 12.1. The molecule has 0 radical (unpaired) electrons. The molecule has 0 saturated heterocycles. The molecule has 0 amide bonds. The van der Waals surface area contributed by atoms with Gasteiger partial charge in [-0.05, 0) is 27.2 Å². The lowest BCUT2D eigenvalue weighted by Crippen LogP contribution is -2.40. The van der Waals surface area contributed by atoms with Gasteiger partial charge in [0, 0.05) is 26.3 Å². The van der Waals surface area contributed by atoms with Gasteiger partial charge in [-0.15, -0.1) is 0 Å². The molecule has 17 heavy (non-hydrogen) atoms. The summed E-state index contributed by atoms with van der Waals surface area (Å²) < 4.78 is 27.8. The average Bonchev–Trinajstić information content (AvgIpc) is 2.21. The lowest BCUT2D eigenvalue weighted by molar-refractivity contribution is 0.160. The van der Waals surface area contributed by atoms with Gasteiger partial charge in [-0.3, -0.25) is 0 Å². The Morgan fingerprint density at radius 2 is 1.94 bits per heavy atom. The molecule has 0 aromatic carbocycles. The topological polar surface area (TPSA) is 75.6 Å². The Bertz CT molecular complexity index is 295. The first-order valence-electron chi connectivity index (χ1n) is 5.80. The first-order chi connectivity index (χ1) is 7.74. The fourth-order valence-electron chi connectivity index (χ4n) is 1.22. The van der Waals surface area contributed by atoms with E-state index in [-0.39, 0.29) is 18.4 Å². The lowest BCUT2D eigenvalue weighted by Gasteiger charge is -2.21.